The van der Waals surface area contributed by atoms with E-state index in [1.165, 1.54) is 26.1 Å². The molecule has 0 aliphatic carbocycles. The van der Waals surface area contributed by atoms with Crippen LogP contribution in [0.25, 0.3) is 0 Å². The van der Waals surface area contributed by atoms with Crippen molar-refractivity contribution in [1.82, 2.24) is 5.32 Å². The number of halogens is 2. The van der Waals surface area contributed by atoms with E-state index in [4.69, 9.17) is 23.2 Å². The number of anilines is 1. The molecule has 0 aliphatic rings. The Balaban J connectivity index is 3.41. The molecule has 0 saturated heterocycles. The van der Waals surface area contributed by atoms with E-state index in [0.717, 1.165) is 10.6 Å². The first-order valence-electron chi connectivity index (χ1n) is 5.34. The Kier molecular flexibility index (Phi) is 5.06. The minimum Gasteiger partial charge on any atom is -0.357 e. The van der Waals surface area contributed by atoms with E-state index in [1.54, 1.807) is 6.07 Å². The number of rotatable bonds is 4. The van der Waals surface area contributed by atoms with Crippen LogP contribution in [-0.2, 0) is 14.8 Å². The number of benzene rings is 1. The lowest BCUT2D eigenvalue weighted by molar-refractivity contribution is -0.121. The summed E-state index contributed by atoms with van der Waals surface area (Å²) < 4.78 is 24.7. The summed E-state index contributed by atoms with van der Waals surface area (Å²) in [5, 5.41) is 2.93. The van der Waals surface area contributed by atoms with Gasteiger partial charge in [-0.15, -0.1) is 0 Å². The van der Waals surface area contributed by atoms with Crippen molar-refractivity contribution >= 4 is 44.8 Å². The van der Waals surface area contributed by atoms with Crippen molar-refractivity contribution in [2.75, 3.05) is 17.6 Å². The molecule has 5 nitrogen and oxygen atoms in total. The lowest BCUT2D eigenvalue weighted by Gasteiger charge is -2.28. The quantitative estimate of drug-likeness (QED) is 0.919. The van der Waals surface area contributed by atoms with Gasteiger partial charge in [0.1, 0.15) is 6.04 Å². The Labute approximate surface area is 122 Å². The first kappa shape index (κ1) is 16.1. The molecule has 0 saturated carbocycles. The van der Waals surface area contributed by atoms with Crippen LogP contribution in [0.3, 0.4) is 0 Å². The van der Waals surface area contributed by atoms with E-state index in [2.05, 4.69) is 5.32 Å². The van der Waals surface area contributed by atoms with Gasteiger partial charge >= 0.3 is 0 Å². The van der Waals surface area contributed by atoms with Gasteiger partial charge in [-0.25, -0.2) is 8.42 Å². The number of hydrogen-bond donors (Lipinski definition) is 1. The van der Waals surface area contributed by atoms with E-state index in [-0.39, 0.29) is 10.7 Å². The summed E-state index contributed by atoms with van der Waals surface area (Å²) in [4.78, 5) is 11.7. The summed E-state index contributed by atoms with van der Waals surface area (Å²) in [7, 11) is -2.25. The van der Waals surface area contributed by atoms with Gasteiger partial charge in [-0.1, -0.05) is 23.2 Å². The van der Waals surface area contributed by atoms with Gasteiger partial charge < -0.3 is 5.32 Å². The molecule has 0 bridgehead atoms. The fraction of sp³-hybridized carbons (Fsp3) is 0.364. The van der Waals surface area contributed by atoms with E-state index in [1.807, 2.05) is 0 Å². The molecule has 1 amide bonds. The molecule has 0 radical (unpaired) electrons. The van der Waals surface area contributed by atoms with Gasteiger partial charge in [0.25, 0.3) is 0 Å². The number of hydrogen-bond acceptors (Lipinski definition) is 3. The third-order valence-electron chi connectivity index (χ3n) is 2.48. The van der Waals surface area contributed by atoms with Crippen LogP contribution in [0.4, 0.5) is 5.69 Å². The molecule has 1 rings (SSSR count). The molecule has 1 unspecified atom stereocenters. The topological polar surface area (TPSA) is 66.5 Å². The first-order chi connectivity index (χ1) is 8.68. The zero-order chi connectivity index (χ0) is 14.8. The fourth-order valence-corrected chi connectivity index (χ4v) is 3.25. The smallest absolute Gasteiger partial charge is 0.243 e. The summed E-state index contributed by atoms with van der Waals surface area (Å²) in [5.41, 5.74) is 0.174. The molecule has 8 heteroatoms. The van der Waals surface area contributed by atoms with Crippen LogP contribution in [0.2, 0.25) is 10.0 Å². The summed E-state index contributed by atoms with van der Waals surface area (Å²) in [6.45, 7) is 1.47. The molecular weight excluding hydrogens is 311 g/mol. The standard InChI is InChI=1S/C11H14Cl2N2O3S/c1-7(11(16)14-2)15(19(3,17)18)10-6-8(12)4-5-9(10)13/h4-7H,1-3H3,(H,14,16). The van der Waals surface area contributed by atoms with Crippen LogP contribution >= 0.6 is 23.2 Å². The van der Waals surface area contributed by atoms with Gasteiger partial charge in [-0.05, 0) is 25.1 Å². The molecule has 0 spiro atoms. The lowest BCUT2D eigenvalue weighted by Crippen LogP contribution is -2.47. The SMILES string of the molecule is CNC(=O)C(C)N(c1cc(Cl)ccc1Cl)S(C)(=O)=O. The average molecular weight is 325 g/mol. The molecule has 0 fully saturated rings. The number of nitrogens with zero attached hydrogens (tertiary/aromatic N) is 1. The monoisotopic (exact) mass is 324 g/mol. The van der Waals surface area contributed by atoms with E-state index in [9.17, 15) is 13.2 Å². The number of amides is 1. The van der Waals surface area contributed by atoms with Crippen molar-refractivity contribution in [3.63, 3.8) is 0 Å². The molecule has 19 heavy (non-hydrogen) atoms. The van der Waals surface area contributed by atoms with E-state index < -0.39 is 22.0 Å². The minimum atomic E-state index is -3.68. The number of likely N-dealkylation sites (N-methyl/N-ethyl adjacent to an activating group) is 1. The van der Waals surface area contributed by atoms with Crippen LogP contribution in [0, 0.1) is 0 Å². The van der Waals surface area contributed by atoms with Crippen molar-refractivity contribution in [3.8, 4) is 0 Å². The Hall–Kier alpha value is -0.980. The second-order valence-corrected chi connectivity index (χ2v) is 6.65. The zero-order valence-electron chi connectivity index (χ0n) is 10.6. The number of nitrogens with one attached hydrogen (secondary N) is 1. The van der Waals surface area contributed by atoms with Crippen molar-refractivity contribution < 1.29 is 13.2 Å². The van der Waals surface area contributed by atoms with Gasteiger partial charge in [0.15, 0.2) is 0 Å². The van der Waals surface area contributed by atoms with E-state index in [0.29, 0.717) is 5.02 Å². The largest absolute Gasteiger partial charge is 0.357 e. The van der Waals surface area contributed by atoms with Gasteiger partial charge in [-0.3, -0.25) is 9.10 Å². The summed E-state index contributed by atoms with van der Waals surface area (Å²) in [6, 6.07) is 3.49. The van der Waals surface area contributed by atoms with Gasteiger partial charge in [0.2, 0.25) is 15.9 Å². The molecule has 0 aliphatic heterocycles. The second kappa shape index (κ2) is 5.98. The van der Waals surface area contributed by atoms with Crippen LogP contribution < -0.4 is 9.62 Å². The highest BCUT2D eigenvalue weighted by atomic mass is 35.5. The number of carbonyl (C=O) groups excluding carboxylic acids is 1. The van der Waals surface area contributed by atoms with Crippen molar-refractivity contribution in [1.29, 1.82) is 0 Å². The highest BCUT2D eigenvalue weighted by Gasteiger charge is 2.30. The number of carbonyl (C=O) groups is 1. The molecule has 1 aromatic carbocycles. The normalized spacial score (nSPS) is 12.9. The number of sulfonamides is 1. The van der Waals surface area contributed by atoms with Crippen molar-refractivity contribution in [2.45, 2.75) is 13.0 Å². The Morgan fingerprint density at radius 1 is 1.37 bits per heavy atom. The van der Waals surface area contributed by atoms with Crippen molar-refractivity contribution in [3.05, 3.63) is 28.2 Å². The molecular formula is C11H14Cl2N2O3S. The maximum absolute atomic E-state index is 11.9. The predicted molar refractivity (Wildman–Crippen MR) is 77.3 cm³/mol. The van der Waals surface area contributed by atoms with Crippen molar-refractivity contribution in [2.24, 2.45) is 0 Å². The Bertz CT molecular complexity index is 590. The third-order valence-corrected chi connectivity index (χ3v) is 4.26. The molecule has 0 heterocycles. The van der Waals surface area contributed by atoms with Gasteiger partial charge in [0, 0.05) is 12.1 Å². The predicted octanol–water partition coefficient (Wildman–Crippen LogP) is 1.89. The molecule has 1 atom stereocenters. The van der Waals surface area contributed by atoms with Gasteiger partial charge in [0.05, 0.1) is 17.0 Å². The average Bonchev–Trinajstić information content (AvgIpc) is 2.31. The van der Waals surface area contributed by atoms with E-state index >= 15 is 0 Å². The molecule has 1 N–H and O–H groups in total. The third kappa shape index (κ3) is 3.75. The summed E-state index contributed by atoms with van der Waals surface area (Å²) in [5.74, 6) is -0.443. The summed E-state index contributed by atoms with van der Waals surface area (Å²) >= 11 is 11.8. The molecule has 106 valence electrons. The maximum atomic E-state index is 11.9. The highest BCUT2D eigenvalue weighted by Crippen LogP contribution is 2.32. The van der Waals surface area contributed by atoms with Crippen LogP contribution in [-0.4, -0.2) is 33.7 Å². The summed E-state index contributed by atoms with van der Waals surface area (Å²) in [6.07, 6.45) is 1.00. The minimum absolute atomic E-state index is 0.174. The van der Waals surface area contributed by atoms with Crippen LogP contribution in [0.1, 0.15) is 6.92 Å². The second-order valence-electron chi connectivity index (χ2n) is 3.94. The fourth-order valence-electron chi connectivity index (χ4n) is 1.64. The first-order valence-corrected chi connectivity index (χ1v) is 7.95. The molecule has 1 aromatic rings. The van der Waals surface area contributed by atoms with Gasteiger partial charge in [-0.2, -0.15) is 0 Å². The zero-order valence-corrected chi connectivity index (χ0v) is 13.0. The highest BCUT2D eigenvalue weighted by molar-refractivity contribution is 7.92. The van der Waals surface area contributed by atoms with Crippen LogP contribution in [0.15, 0.2) is 18.2 Å². The Morgan fingerprint density at radius 2 is 1.95 bits per heavy atom. The maximum Gasteiger partial charge on any atom is 0.243 e. The lowest BCUT2D eigenvalue weighted by atomic mass is 10.2. The molecule has 0 aromatic heterocycles. The van der Waals surface area contributed by atoms with Crippen LogP contribution in [0.5, 0.6) is 0 Å². The Morgan fingerprint density at radius 3 is 2.42 bits per heavy atom.